The number of nitrogens with zero attached hydrogens (tertiary/aromatic N) is 1. The summed E-state index contributed by atoms with van der Waals surface area (Å²) in [6.07, 6.45) is 2.15. The van der Waals surface area contributed by atoms with Gasteiger partial charge in [0.25, 0.3) is 0 Å². The van der Waals surface area contributed by atoms with Crippen molar-refractivity contribution in [1.82, 2.24) is 4.90 Å². The molecule has 4 heteroatoms. The van der Waals surface area contributed by atoms with E-state index in [4.69, 9.17) is 22.7 Å². The van der Waals surface area contributed by atoms with Gasteiger partial charge in [0.05, 0.1) is 6.61 Å². The Morgan fingerprint density at radius 1 is 1.30 bits per heavy atom. The Morgan fingerprint density at radius 2 is 1.90 bits per heavy atom. The van der Waals surface area contributed by atoms with E-state index in [2.05, 4.69) is 32.7 Å². The second-order valence-electron chi connectivity index (χ2n) is 5.68. The van der Waals surface area contributed by atoms with Gasteiger partial charge in [0.1, 0.15) is 10.7 Å². The highest BCUT2D eigenvalue weighted by atomic mass is 32.1. The van der Waals surface area contributed by atoms with Crippen molar-refractivity contribution in [3.63, 3.8) is 0 Å². The van der Waals surface area contributed by atoms with Gasteiger partial charge in [-0.2, -0.15) is 0 Å². The van der Waals surface area contributed by atoms with Gasteiger partial charge in [0.15, 0.2) is 0 Å². The van der Waals surface area contributed by atoms with Gasteiger partial charge in [-0.05, 0) is 58.0 Å². The van der Waals surface area contributed by atoms with Crippen molar-refractivity contribution >= 4 is 17.2 Å². The number of thiocarbonyl (C=S) groups is 1. The van der Waals surface area contributed by atoms with Crippen LogP contribution >= 0.6 is 12.2 Å². The van der Waals surface area contributed by atoms with Gasteiger partial charge < -0.3 is 15.4 Å². The number of benzene rings is 1. The van der Waals surface area contributed by atoms with Gasteiger partial charge >= 0.3 is 0 Å². The molecular formula is C16H26N2OS. The monoisotopic (exact) mass is 294 g/mol. The first-order valence-corrected chi connectivity index (χ1v) is 7.51. The summed E-state index contributed by atoms with van der Waals surface area (Å²) in [5, 5.41) is 0. The molecule has 3 nitrogen and oxygen atoms in total. The van der Waals surface area contributed by atoms with Crippen molar-refractivity contribution in [3.05, 3.63) is 29.8 Å². The fraction of sp³-hybridized carbons (Fsp3) is 0.562. The molecule has 0 spiro atoms. The lowest BCUT2D eigenvalue weighted by atomic mass is 10.00. The van der Waals surface area contributed by atoms with E-state index in [9.17, 15) is 0 Å². The predicted molar refractivity (Wildman–Crippen MR) is 89.4 cm³/mol. The quantitative estimate of drug-likeness (QED) is 0.590. The van der Waals surface area contributed by atoms with Crippen molar-refractivity contribution in [2.24, 2.45) is 5.73 Å². The molecule has 0 radical (unpaired) electrons. The number of nitrogens with two attached hydrogens (primary N) is 1. The van der Waals surface area contributed by atoms with Crippen LogP contribution in [0.1, 0.15) is 39.2 Å². The fourth-order valence-corrected chi connectivity index (χ4v) is 1.92. The third kappa shape index (κ3) is 5.10. The Morgan fingerprint density at radius 3 is 2.40 bits per heavy atom. The van der Waals surface area contributed by atoms with Gasteiger partial charge in [-0.25, -0.2) is 0 Å². The zero-order valence-corrected chi connectivity index (χ0v) is 13.8. The normalized spacial score (nSPS) is 11.7. The summed E-state index contributed by atoms with van der Waals surface area (Å²) in [7, 11) is 2.17. The highest BCUT2D eigenvalue weighted by Crippen LogP contribution is 2.17. The first-order valence-electron chi connectivity index (χ1n) is 7.10. The summed E-state index contributed by atoms with van der Waals surface area (Å²) in [5.74, 6) is 0.863. The maximum atomic E-state index is 5.73. The summed E-state index contributed by atoms with van der Waals surface area (Å²) in [5.41, 5.74) is 6.68. The molecule has 1 rings (SSSR count). The molecular weight excluding hydrogens is 268 g/mol. The summed E-state index contributed by atoms with van der Waals surface area (Å²) in [6, 6.07) is 7.61. The third-order valence-corrected chi connectivity index (χ3v) is 4.18. The second kappa shape index (κ2) is 7.60. The Balaban J connectivity index is 2.33. The van der Waals surface area contributed by atoms with E-state index >= 15 is 0 Å². The molecule has 0 aliphatic heterocycles. The van der Waals surface area contributed by atoms with Crippen LogP contribution in [0.25, 0.3) is 0 Å². The zero-order chi connectivity index (χ0) is 15.2. The maximum Gasteiger partial charge on any atom is 0.119 e. The molecule has 1 aromatic rings. The van der Waals surface area contributed by atoms with Crippen LogP contribution in [0.5, 0.6) is 5.75 Å². The summed E-state index contributed by atoms with van der Waals surface area (Å²) < 4.78 is 5.73. The predicted octanol–water partition coefficient (Wildman–Crippen LogP) is 3.21. The van der Waals surface area contributed by atoms with Crippen LogP contribution < -0.4 is 10.5 Å². The molecule has 0 saturated carbocycles. The van der Waals surface area contributed by atoms with Crippen molar-refractivity contribution in [2.75, 3.05) is 20.2 Å². The van der Waals surface area contributed by atoms with Crippen LogP contribution in [0.2, 0.25) is 0 Å². The molecule has 0 amide bonds. The minimum atomic E-state index is 0.248. The van der Waals surface area contributed by atoms with E-state index in [-0.39, 0.29) is 5.54 Å². The molecule has 0 heterocycles. The maximum absolute atomic E-state index is 5.73. The Labute approximate surface area is 128 Å². The topological polar surface area (TPSA) is 38.5 Å². The van der Waals surface area contributed by atoms with Gasteiger partial charge in [-0.15, -0.1) is 0 Å². The molecule has 20 heavy (non-hydrogen) atoms. The number of ether oxygens (including phenoxy) is 1. The molecule has 0 aliphatic carbocycles. The number of hydrogen-bond donors (Lipinski definition) is 1. The van der Waals surface area contributed by atoms with Crippen LogP contribution in [0.4, 0.5) is 0 Å². The van der Waals surface area contributed by atoms with Crippen LogP contribution in [0.3, 0.4) is 0 Å². The Bertz CT molecular complexity index is 429. The third-order valence-electron chi connectivity index (χ3n) is 3.94. The molecule has 0 saturated heterocycles. The largest absolute Gasteiger partial charge is 0.494 e. The molecule has 0 unspecified atom stereocenters. The zero-order valence-electron chi connectivity index (χ0n) is 13.0. The van der Waals surface area contributed by atoms with Gasteiger partial charge in [0.2, 0.25) is 0 Å². The van der Waals surface area contributed by atoms with E-state index in [0.717, 1.165) is 37.3 Å². The van der Waals surface area contributed by atoms with Crippen molar-refractivity contribution in [2.45, 2.75) is 39.2 Å². The summed E-state index contributed by atoms with van der Waals surface area (Å²) >= 11 is 4.92. The standard InChI is InChI=1S/C16H26N2OS/c1-5-16(2,3)18(4)11-6-12-19-14-9-7-13(8-10-14)15(17)20/h7-10H,5-6,11-12H2,1-4H3,(H2,17,20). The van der Waals surface area contributed by atoms with Crippen LogP contribution in [-0.4, -0.2) is 35.6 Å². The average molecular weight is 294 g/mol. The molecule has 0 aliphatic rings. The number of rotatable bonds is 8. The van der Waals surface area contributed by atoms with E-state index in [1.54, 1.807) is 0 Å². The van der Waals surface area contributed by atoms with Crippen molar-refractivity contribution in [1.29, 1.82) is 0 Å². The minimum absolute atomic E-state index is 0.248. The van der Waals surface area contributed by atoms with E-state index in [0.29, 0.717) is 4.99 Å². The molecule has 0 fully saturated rings. The van der Waals surface area contributed by atoms with Crippen LogP contribution in [0.15, 0.2) is 24.3 Å². The van der Waals surface area contributed by atoms with Crippen molar-refractivity contribution in [3.8, 4) is 5.75 Å². The molecule has 0 atom stereocenters. The first-order chi connectivity index (χ1) is 9.36. The second-order valence-corrected chi connectivity index (χ2v) is 6.12. The smallest absolute Gasteiger partial charge is 0.119 e. The van der Waals surface area contributed by atoms with Crippen LogP contribution in [-0.2, 0) is 0 Å². The van der Waals surface area contributed by atoms with E-state index in [1.165, 1.54) is 0 Å². The van der Waals surface area contributed by atoms with E-state index < -0.39 is 0 Å². The molecule has 0 bridgehead atoms. The molecule has 2 N–H and O–H groups in total. The Hall–Kier alpha value is -1.13. The fourth-order valence-electron chi connectivity index (χ4n) is 1.78. The lowest BCUT2D eigenvalue weighted by Gasteiger charge is -2.34. The minimum Gasteiger partial charge on any atom is -0.494 e. The van der Waals surface area contributed by atoms with Gasteiger partial charge in [-0.3, -0.25) is 0 Å². The Kier molecular flexibility index (Phi) is 6.43. The lowest BCUT2D eigenvalue weighted by molar-refractivity contribution is 0.140. The number of hydrogen-bond acceptors (Lipinski definition) is 3. The van der Waals surface area contributed by atoms with Crippen LogP contribution in [0, 0.1) is 0 Å². The molecule has 0 aromatic heterocycles. The average Bonchev–Trinajstić information content (AvgIpc) is 2.43. The van der Waals surface area contributed by atoms with Crippen molar-refractivity contribution < 1.29 is 4.74 Å². The summed E-state index contributed by atoms with van der Waals surface area (Å²) in [6.45, 7) is 8.50. The van der Waals surface area contributed by atoms with Gasteiger partial charge in [0, 0.05) is 17.6 Å². The first kappa shape index (κ1) is 16.9. The SMILES string of the molecule is CCC(C)(C)N(C)CCCOc1ccc(C(N)=S)cc1. The van der Waals surface area contributed by atoms with Gasteiger partial charge in [-0.1, -0.05) is 19.1 Å². The van der Waals surface area contributed by atoms with E-state index in [1.807, 2.05) is 24.3 Å². The molecule has 1 aromatic carbocycles. The highest BCUT2D eigenvalue weighted by molar-refractivity contribution is 7.80. The summed E-state index contributed by atoms with van der Waals surface area (Å²) in [4.78, 5) is 2.80. The lowest BCUT2D eigenvalue weighted by Crippen LogP contribution is -2.41. The highest BCUT2D eigenvalue weighted by Gasteiger charge is 2.20. The molecule has 112 valence electrons.